The third-order valence-electron chi connectivity index (χ3n) is 2.51. The Bertz CT molecular complexity index is 341. The van der Waals surface area contributed by atoms with Crippen LogP contribution in [0.2, 0.25) is 0 Å². The van der Waals surface area contributed by atoms with Crippen LogP contribution in [0.15, 0.2) is 54.9 Å². The minimum atomic E-state index is 0.444. The fraction of sp³-hybridized carbons (Fsp3) is 0.154. The monoisotopic (exact) mass is 183 g/mol. The van der Waals surface area contributed by atoms with Crippen molar-refractivity contribution in [1.82, 2.24) is 4.98 Å². The van der Waals surface area contributed by atoms with E-state index in [2.05, 4.69) is 48.3 Å². The first-order valence-corrected chi connectivity index (χ1v) is 4.83. The van der Waals surface area contributed by atoms with E-state index in [4.69, 9.17) is 0 Å². The molecular formula is C13H13N. The summed E-state index contributed by atoms with van der Waals surface area (Å²) < 4.78 is 0. The second-order valence-corrected chi connectivity index (χ2v) is 3.41. The van der Waals surface area contributed by atoms with Crippen LogP contribution in [0.25, 0.3) is 0 Å². The molecule has 0 saturated heterocycles. The minimum absolute atomic E-state index is 0.444. The third kappa shape index (κ3) is 1.82. The summed E-state index contributed by atoms with van der Waals surface area (Å²) >= 11 is 0. The van der Waals surface area contributed by atoms with Crippen LogP contribution in [0.1, 0.15) is 24.0 Å². The molecule has 1 aromatic carbocycles. The maximum absolute atomic E-state index is 4.02. The number of hydrogen-bond acceptors (Lipinski definition) is 1. The van der Waals surface area contributed by atoms with Gasteiger partial charge in [0.15, 0.2) is 0 Å². The quantitative estimate of drug-likeness (QED) is 0.696. The lowest BCUT2D eigenvalue weighted by molar-refractivity contribution is 0.917. The van der Waals surface area contributed by atoms with E-state index in [-0.39, 0.29) is 0 Å². The number of hydrogen-bond donors (Lipinski definition) is 0. The molecule has 1 atom stereocenters. The first kappa shape index (κ1) is 8.95. The summed E-state index contributed by atoms with van der Waals surface area (Å²) in [5.41, 5.74) is 2.66. The highest BCUT2D eigenvalue weighted by Gasteiger charge is 2.06. The summed E-state index contributed by atoms with van der Waals surface area (Å²) in [5.74, 6) is 0.444. The van der Waals surface area contributed by atoms with Crippen molar-refractivity contribution in [2.75, 3.05) is 0 Å². The second kappa shape index (κ2) is 4.05. The molecule has 2 aromatic rings. The highest BCUT2D eigenvalue weighted by atomic mass is 14.6. The van der Waals surface area contributed by atoms with Gasteiger partial charge in [0.05, 0.1) is 0 Å². The normalized spacial score (nSPS) is 12.4. The van der Waals surface area contributed by atoms with Gasteiger partial charge in [0.2, 0.25) is 0 Å². The van der Waals surface area contributed by atoms with Gasteiger partial charge in [-0.25, -0.2) is 0 Å². The molecule has 0 amide bonds. The van der Waals surface area contributed by atoms with Crippen molar-refractivity contribution < 1.29 is 0 Å². The average Bonchev–Trinajstić information content (AvgIpc) is 2.30. The van der Waals surface area contributed by atoms with Crippen molar-refractivity contribution in [3.05, 3.63) is 66.0 Å². The Kier molecular flexibility index (Phi) is 2.59. The zero-order chi connectivity index (χ0) is 9.80. The van der Waals surface area contributed by atoms with Crippen LogP contribution in [0.3, 0.4) is 0 Å². The van der Waals surface area contributed by atoms with Gasteiger partial charge < -0.3 is 0 Å². The van der Waals surface area contributed by atoms with Gasteiger partial charge >= 0.3 is 0 Å². The zero-order valence-electron chi connectivity index (χ0n) is 8.22. The van der Waals surface area contributed by atoms with Gasteiger partial charge in [0.1, 0.15) is 0 Å². The smallest absolute Gasteiger partial charge is 0.0270 e. The molecular weight excluding hydrogens is 170 g/mol. The van der Waals surface area contributed by atoms with E-state index in [1.54, 1.807) is 0 Å². The molecule has 0 fully saturated rings. The number of pyridine rings is 1. The molecule has 1 nitrogen and oxygen atoms in total. The molecule has 0 bridgehead atoms. The summed E-state index contributed by atoms with van der Waals surface area (Å²) in [6.07, 6.45) is 3.68. The van der Waals surface area contributed by atoms with Crippen molar-refractivity contribution in [3.63, 3.8) is 0 Å². The predicted molar refractivity (Wildman–Crippen MR) is 58.2 cm³/mol. The average molecular weight is 183 g/mol. The molecule has 0 aliphatic rings. The largest absolute Gasteiger partial charge is 0.265 e. The van der Waals surface area contributed by atoms with E-state index in [0.29, 0.717) is 5.92 Å². The molecule has 70 valence electrons. The van der Waals surface area contributed by atoms with E-state index in [0.717, 1.165) is 0 Å². The third-order valence-corrected chi connectivity index (χ3v) is 2.51. The molecule has 14 heavy (non-hydrogen) atoms. The summed E-state index contributed by atoms with van der Waals surface area (Å²) in [5, 5.41) is 0. The summed E-state index contributed by atoms with van der Waals surface area (Å²) in [4.78, 5) is 4.02. The van der Waals surface area contributed by atoms with Crippen molar-refractivity contribution in [2.24, 2.45) is 0 Å². The molecule has 1 aromatic heterocycles. The SMILES string of the molecule is C[C@H](c1ccccc1)c1ccncc1. The first-order chi connectivity index (χ1) is 6.88. The molecule has 1 heteroatoms. The van der Waals surface area contributed by atoms with Crippen molar-refractivity contribution in [1.29, 1.82) is 0 Å². The van der Waals surface area contributed by atoms with Gasteiger partial charge in [0, 0.05) is 18.3 Å². The summed E-state index contributed by atoms with van der Waals surface area (Å²) in [7, 11) is 0. The minimum Gasteiger partial charge on any atom is -0.265 e. The number of benzene rings is 1. The molecule has 0 N–H and O–H groups in total. The lowest BCUT2D eigenvalue weighted by Crippen LogP contribution is -1.95. The topological polar surface area (TPSA) is 12.9 Å². The lowest BCUT2D eigenvalue weighted by Gasteiger charge is -2.11. The van der Waals surface area contributed by atoms with Crippen LogP contribution in [-0.4, -0.2) is 4.98 Å². The van der Waals surface area contributed by atoms with Crippen molar-refractivity contribution in [2.45, 2.75) is 12.8 Å². The van der Waals surface area contributed by atoms with E-state index in [9.17, 15) is 0 Å². The zero-order valence-corrected chi connectivity index (χ0v) is 8.22. The van der Waals surface area contributed by atoms with E-state index < -0.39 is 0 Å². The molecule has 1 heterocycles. The Hall–Kier alpha value is -1.63. The fourth-order valence-electron chi connectivity index (χ4n) is 1.59. The number of nitrogens with zero attached hydrogens (tertiary/aromatic N) is 1. The Balaban J connectivity index is 2.30. The molecule has 0 unspecified atom stereocenters. The van der Waals surface area contributed by atoms with Crippen LogP contribution < -0.4 is 0 Å². The highest BCUT2D eigenvalue weighted by Crippen LogP contribution is 2.22. The van der Waals surface area contributed by atoms with E-state index in [1.165, 1.54) is 11.1 Å². The summed E-state index contributed by atoms with van der Waals surface area (Å²) in [6, 6.07) is 14.6. The molecule has 0 saturated carbocycles. The van der Waals surface area contributed by atoms with Crippen LogP contribution in [0, 0.1) is 0 Å². The van der Waals surface area contributed by atoms with Crippen LogP contribution in [0.4, 0.5) is 0 Å². The van der Waals surface area contributed by atoms with Gasteiger partial charge in [-0.3, -0.25) is 4.98 Å². The number of aromatic nitrogens is 1. The van der Waals surface area contributed by atoms with Gasteiger partial charge in [-0.15, -0.1) is 0 Å². The van der Waals surface area contributed by atoms with Crippen LogP contribution >= 0.6 is 0 Å². The molecule has 2 rings (SSSR count). The van der Waals surface area contributed by atoms with Crippen molar-refractivity contribution >= 4 is 0 Å². The molecule has 0 aliphatic carbocycles. The Morgan fingerprint density at radius 1 is 0.857 bits per heavy atom. The lowest BCUT2D eigenvalue weighted by atomic mass is 9.94. The Labute approximate surface area is 84.4 Å². The standard InChI is InChI=1S/C13H13N/c1-11(12-5-3-2-4-6-12)13-7-9-14-10-8-13/h2-11H,1H3/t11-/m1/s1. The maximum Gasteiger partial charge on any atom is 0.0270 e. The molecule has 0 aliphatic heterocycles. The molecule has 0 radical (unpaired) electrons. The Morgan fingerprint density at radius 3 is 2.07 bits per heavy atom. The van der Waals surface area contributed by atoms with Crippen LogP contribution in [0.5, 0.6) is 0 Å². The maximum atomic E-state index is 4.02. The Morgan fingerprint density at radius 2 is 1.43 bits per heavy atom. The fourth-order valence-corrected chi connectivity index (χ4v) is 1.59. The van der Waals surface area contributed by atoms with E-state index in [1.807, 2.05) is 18.5 Å². The number of rotatable bonds is 2. The molecule has 0 spiro atoms. The van der Waals surface area contributed by atoms with Crippen molar-refractivity contribution in [3.8, 4) is 0 Å². The highest BCUT2D eigenvalue weighted by molar-refractivity contribution is 5.29. The second-order valence-electron chi connectivity index (χ2n) is 3.41. The van der Waals surface area contributed by atoms with Gasteiger partial charge in [-0.2, -0.15) is 0 Å². The van der Waals surface area contributed by atoms with Gasteiger partial charge in [-0.1, -0.05) is 37.3 Å². The van der Waals surface area contributed by atoms with Gasteiger partial charge in [0.25, 0.3) is 0 Å². The van der Waals surface area contributed by atoms with E-state index >= 15 is 0 Å². The summed E-state index contributed by atoms with van der Waals surface area (Å²) in [6.45, 7) is 2.21. The predicted octanol–water partition coefficient (Wildman–Crippen LogP) is 3.23. The van der Waals surface area contributed by atoms with Gasteiger partial charge in [-0.05, 0) is 23.3 Å². The first-order valence-electron chi connectivity index (χ1n) is 4.83. The van der Waals surface area contributed by atoms with Crippen LogP contribution in [-0.2, 0) is 0 Å².